The van der Waals surface area contributed by atoms with Crippen LogP contribution in [0.1, 0.15) is 25.0 Å². The molecule has 1 rings (SSSR count). The predicted octanol–water partition coefficient (Wildman–Crippen LogP) is 3.35. The standard InChI is InChI=1S/C13H20ClN/c1-10(2)13(14)9-15-8-12-7-5-4-6-11(12)3/h4-7,10,13,15H,8-9H2,1-3H3. The van der Waals surface area contributed by atoms with Crippen LogP contribution in [0, 0.1) is 12.8 Å². The van der Waals surface area contributed by atoms with E-state index in [4.69, 9.17) is 11.6 Å². The first-order valence-electron chi connectivity index (χ1n) is 5.50. The van der Waals surface area contributed by atoms with Crippen molar-refractivity contribution in [2.24, 2.45) is 5.92 Å². The van der Waals surface area contributed by atoms with Crippen molar-refractivity contribution in [2.75, 3.05) is 6.54 Å². The third-order valence-corrected chi connectivity index (χ3v) is 3.30. The average molecular weight is 226 g/mol. The molecule has 0 saturated carbocycles. The van der Waals surface area contributed by atoms with Gasteiger partial charge in [-0.25, -0.2) is 0 Å². The number of nitrogens with one attached hydrogen (secondary N) is 1. The van der Waals surface area contributed by atoms with E-state index in [1.807, 2.05) is 0 Å². The van der Waals surface area contributed by atoms with Crippen molar-refractivity contribution >= 4 is 11.6 Å². The van der Waals surface area contributed by atoms with E-state index in [0.717, 1.165) is 13.1 Å². The maximum atomic E-state index is 6.16. The Labute approximate surface area is 97.8 Å². The lowest BCUT2D eigenvalue weighted by molar-refractivity contribution is 0.545. The van der Waals surface area contributed by atoms with Gasteiger partial charge < -0.3 is 5.32 Å². The molecule has 0 radical (unpaired) electrons. The maximum Gasteiger partial charge on any atom is 0.0483 e. The number of aryl methyl sites for hydroxylation is 1. The first-order valence-corrected chi connectivity index (χ1v) is 5.94. The average Bonchev–Trinajstić information content (AvgIpc) is 2.20. The van der Waals surface area contributed by atoms with Crippen molar-refractivity contribution in [3.05, 3.63) is 35.4 Å². The lowest BCUT2D eigenvalue weighted by atomic mass is 10.1. The first-order chi connectivity index (χ1) is 7.11. The molecule has 1 atom stereocenters. The minimum atomic E-state index is 0.217. The Balaban J connectivity index is 2.35. The quantitative estimate of drug-likeness (QED) is 0.758. The van der Waals surface area contributed by atoms with Crippen LogP contribution in [0.25, 0.3) is 0 Å². The summed E-state index contributed by atoms with van der Waals surface area (Å²) in [6, 6.07) is 8.43. The Morgan fingerprint density at radius 1 is 1.27 bits per heavy atom. The molecule has 1 N–H and O–H groups in total. The second kappa shape index (κ2) is 6.14. The smallest absolute Gasteiger partial charge is 0.0483 e. The summed E-state index contributed by atoms with van der Waals surface area (Å²) in [6.45, 7) is 8.20. The van der Waals surface area contributed by atoms with E-state index in [0.29, 0.717) is 5.92 Å². The summed E-state index contributed by atoms with van der Waals surface area (Å²) in [7, 11) is 0. The summed E-state index contributed by atoms with van der Waals surface area (Å²) in [5, 5.41) is 3.61. The van der Waals surface area contributed by atoms with Crippen LogP contribution in [-0.2, 0) is 6.54 Å². The molecule has 84 valence electrons. The molecule has 15 heavy (non-hydrogen) atoms. The highest BCUT2D eigenvalue weighted by molar-refractivity contribution is 6.20. The molecule has 0 aliphatic rings. The van der Waals surface area contributed by atoms with Crippen molar-refractivity contribution in [2.45, 2.75) is 32.7 Å². The van der Waals surface area contributed by atoms with Gasteiger partial charge in [0.1, 0.15) is 0 Å². The molecule has 0 heterocycles. The topological polar surface area (TPSA) is 12.0 Å². The number of hydrogen-bond donors (Lipinski definition) is 1. The van der Waals surface area contributed by atoms with E-state index >= 15 is 0 Å². The second-order valence-corrected chi connectivity index (χ2v) is 4.88. The largest absolute Gasteiger partial charge is 0.311 e. The van der Waals surface area contributed by atoms with Crippen LogP contribution in [0.15, 0.2) is 24.3 Å². The van der Waals surface area contributed by atoms with Gasteiger partial charge in [0.2, 0.25) is 0 Å². The highest BCUT2D eigenvalue weighted by atomic mass is 35.5. The Bertz CT molecular complexity index is 296. The Morgan fingerprint density at radius 3 is 2.53 bits per heavy atom. The normalized spacial score (nSPS) is 13.1. The monoisotopic (exact) mass is 225 g/mol. The minimum absolute atomic E-state index is 0.217. The third-order valence-electron chi connectivity index (χ3n) is 2.64. The zero-order valence-electron chi connectivity index (χ0n) is 9.76. The number of rotatable bonds is 5. The van der Waals surface area contributed by atoms with Crippen LogP contribution in [0.4, 0.5) is 0 Å². The predicted molar refractivity (Wildman–Crippen MR) is 67.4 cm³/mol. The van der Waals surface area contributed by atoms with Gasteiger partial charge >= 0.3 is 0 Å². The molecule has 0 aromatic heterocycles. The van der Waals surface area contributed by atoms with Crippen molar-refractivity contribution < 1.29 is 0 Å². The molecule has 2 heteroatoms. The number of alkyl halides is 1. The molecule has 1 nitrogen and oxygen atoms in total. The van der Waals surface area contributed by atoms with Gasteiger partial charge in [0.25, 0.3) is 0 Å². The van der Waals surface area contributed by atoms with E-state index in [2.05, 4.69) is 50.4 Å². The van der Waals surface area contributed by atoms with Crippen LogP contribution in [0.3, 0.4) is 0 Å². The van der Waals surface area contributed by atoms with E-state index in [1.165, 1.54) is 11.1 Å². The SMILES string of the molecule is Cc1ccccc1CNCC(Cl)C(C)C. The number of hydrogen-bond acceptors (Lipinski definition) is 1. The van der Waals surface area contributed by atoms with Gasteiger partial charge in [0.05, 0.1) is 0 Å². The van der Waals surface area contributed by atoms with Crippen LogP contribution in [0.2, 0.25) is 0 Å². The lowest BCUT2D eigenvalue weighted by Gasteiger charge is -2.14. The summed E-state index contributed by atoms with van der Waals surface area (Å²) in [5.74, 6) is 0.524. The summed E-state index contributed by atoms with van der Waals surface area (Å²) in [5.41, 5.74) is 2.69. The Kier molecular flexibility index (Phi) is 5.13. The van der Waals surface area contributed by atoms with E-state index in [9.17, 15) is 0 Å². The van der Waals surface area contributed by atoms with E-state index in [1.54, 1.807) is 0 Å². The van der Waals surface area contributed by atoms with Gasteiger partial charge in [0, 0.05) is 18.5 Å². The number of halogens is 1. The zero-order chi connectivity index (χ0) is 11.3. The van der Waals surface area contributed by atoms with Crippen LogP contribution in [0.5, 0.6) is 0 Å². The molecule has 0 saturated heterocycles. The van der Waals surface area contributed by atoms with Crippen LogP contribution >= 0.6 is 11.6 Å². The van der Waals surface area contributed by atoms with Crippen molar-refractivity contribution in [1.82, 2.24) is 5.32 Å². The van der Waals surface area contributed by atoms with Crippen LogP contribution in [-0.4, -0.2) is 11.9 Å². The minimum Gasteiger partial charge on any atom is -0.311 e. The molecule has 0 amide bonds. The highest BCUT2D eigenvalue weighted by Crippen LogP contribution is 2.09. The molecule has 0 spiro atoms. The van der Waals surface area contributed by atoms with Gasteiger partial charge in [-0.3, -0.25) is 0 Å². The summed E-state index contributed by atoms with van der Waals surface area (Å²) >= 11 is 6.16. The molecule has 1 aromatic rings. The molecule has 0 aliphatic heterocycles. The molecule has 1 aromatic carbocycles. The van der Waals surface area contributed by atoms with Crippen molar-refractivity contribution in [3.8, 4) is 0 Å². The van der Waals surface area contributed by atoms with Gasteiger partial charge in [-0.1, -0.05) is 38.1 Å². The fourth-order valence-electron chi connectivity index (χ4n) is 1.39. The van der Waals surface area contributed by atoms with Gasteiger partial charge in [-0.2, -0.15) is 0 Å². The molecule has 1 unspecified atom stereocenters. The Morgan fingerprint density at radius 2 is 1.93 bits per heavy atom. The maximum absolute atomic E-state index is 6.16. The van der Waals surface area contributed by atoms with E-state index < -0.39 is 0 Å². The fraction of sp³-hybridized carbons (Fsp3) is 0.538. The van der Waals surface area contributed by atoms with Crippen molar-refractivity contribution in [1.29, 1.82) is 0 Å². The summed E-state index contributed by atoms with van der Waals surface area (Å²) in [6.07, 6.45) is 0. The van der Waals surface area contributed by atoms with Crippen LogP contribution < -0.4 is 5.32 Å². The fourth-order valence-corrected chi connectivity index (χ4v) is 1.50. The first kappa shape index (κ1) is 12.5. The van der Waals surface area contributed by atoms with Gasteiger partial charge in [0.15, 0.2) is 0 Å². The summed E-state index contributed by atoms with van der Waals surface area (Å²) < 4.78 is 0. The molecule has 0 fully saturated rings. The van der Waals surface area contributed by atoms with Gasteiger partial charge in [-0.15, -0.1) is 11.6 Å². The van der Waals surface area contributed by atoms with Crippen molar-refractivity contribution in [3.63, 3.8) is 0 Å². The lowest BCUT2D eigenvalue weighted by Crippen LogP contribution is -2.26. The number of benzene rings is 1. The summed E-state index contributed by atoms with van der Waals surface area (Å²) in [4.78, 5) is 0. The molecule has 0 bridgehead atoms. The molecular formula is C13H20ClN. The molecular weight excluding hydrogens is 206 g/mol. The highest BCUT2D eigenvalue weighted by Gasteiger charge is 2.08. The molecule has 0 aliphatic carbocycles. The third kappa shape index (κ3) is 4.23. The van der Waals surface area contributed by atoms with Gasteiger partial charge in [-0.05, 0) is 24.0 Å². The van der Waals surface area contributed by atoms with E-state index in [-0.39, 0.29) is 5.38 Å². The zero-order valence-corrected chi connectivity index (χ0v) is 10.5. The Hall–Kier alpha value is -0.530. The second-order valence-electron chi connectivity index (χ2n) is 4.32.